The predicted octanol–water partition coefficient (Wildman–Crippen LogP) is 4.31. The SMILES string of the molecule is CNCC(=Cc1ccc(N=C=S)c(Cl)c1)B1OC(C)(C)C(C)(C)O1. The van der Waals surface area contributed by atoms with Crippen molar-refractivity contribution < 1.29 is 9.31 Å². The third-order valence-electron chi connectivity index (χ3n) is 4.43. The normalized spacial score (nSPS) is 19.2. The highest BCUT2D eigenvalue weighted by atomic mass is 35.5. The molecule has 1 aromatic carbocycles. The summed E-state index contributed by atoms with van der Waals surface area (Å²) in [7, 11) is 1.49. The van der Waals surface area contributed by atoms with Crippen molar-refractivity contribution in [1.82, 2.24) is 5.32 Å². The van der Waals surface area contributed by atoms with Crippen molar-refractivity contribution in [2.75, 3.05) is 13.6 Å². The Morgan fingerprint density at radius 1 is 1.33 bits per heavy atom. The van der Waals surface area contributed by atoms with Crippen molar-refractivity contribution in [2.45, 2.75) is 38.9 Å². The average Bonchev–Trinajstić information content (AvgIpc) is 2.70. The summed E-state index contributed by atoms with van der Waals surface area (Å²) >= 11 is 10.8. The van der Waals surface area contributed by atoms with E-state index in [-0.39, 0.29) is 11.2 Å². The Morgan fingerprint density at radius 2 is 1.96 bits per heavy atom. The third-order valence-corrected chi connectivity index (χ3v) is 4.82. The summed E-state index contributed by atoms with van der Waals surface area (Å²) in [6, 6.07) is 5.58. The van der Waals surface area contributed by atoms with Gasteiger partial charge in [0.15, 0.2) is 0 Å². The van der Waals surface area contributed by atoms with Gasteiger partial charge in [0.25, 0.3) is 0 Å². The molecule has 2 rings (SSSR count). The van der Waals surface area contributed by atoms with Gasteiger partial charge in [0.1, 0.15) is 0 Å². The van der Waals surface area contributed by atoms with Crippen LogP contribution in [0.25, 0.3) is 6.08 Å². The fraction of sp³-hybridized carbons (Fsp3) is 0.471. The number of benzene rings is 1. The van der Waals surface area contributed by atoms with Crippen LogP contribution < -0.4 is 5.32 Å². The Hall–Kier alpha value is -1.01. The number of hydrogen-bond acceptors (Lipinski definition) is 5. The molecular formula is C17H22BClN2O2S. The number of isothiocyanates is 1. The van der Waals surface area contributed by atoms with Gasteiger partial charge in [-0.05, 0) is 70.1 Å². The third kappa shape index (κ3) is 4.15. The van der Waals surface area contributed by atoms with Gasteiger partial charge in [-0.3, -0.25) is 0 Å². The largest absolute Gasteiger partial charge is 0.491 e. The molecular weight excluding hydrogens is 343 g/mol. The number of nitrogens with zero attached hydrogens (tertiary/aromatic N) is 1. The van der Waals surface area contributed by atoms with E-state index in [9.17, 15) is 0 Å². The Bertz CT molecular complexity index is 684. The van der Waals surface area contributed by atoms with Crippen molar-refractivity contribution in [3.05, 3.63) is 34.3 Å². The first-order valence-corrected chi connectivity index (χ1v) is 8.57. The van der Waals surface area contributed by atoms with Crippen LogP contribution in [0.3, 0.4) is 0 Å². The number of hydrogen-bond donors (Lipinski definition) is 1. The quantitative estimate of drug-likeness (QED) is 0.480. The summed E-state index contributed by atoms with van der Waals surface area (Å²) in [5.74, 6) is 0. The van der Waals surface area contributed by atoms with Gasteiger partial charge in [-0.25, -0.2) is 0 Å². The zero-order valence-corrected chi connectivity index (χ0v) is 16.2. The topological polar surface area (TPSA) is 42.9 Å². The molecule has 0 bridgehead atoms. The van der Waals surface area contributed by atoms with E-state index in [0.717, 1.165) is 11.0 Å². The minimum Gasteiger partial charge on any atom is -0.400 e. The van der Waals surface area contributed by atoms with E-state index in [4.69, 9.17) is 20.9 Å². The summed E-state index contributed by atoms with van der Waals surface area (Å²) in [4.78, 5) is 3.93. The minimum absolute atomic E-state index is 0.375. The van der Waals surface area contributed by atoms with Crippen molar-refractivity contribution >= 4 is 47.9 Å². The molecule has 0 aliphatic carbocycles. The van der Waals surface area contributed by atoms with Crippen LogP contribution in [-0.2, 0) is 9.31 Å². The lowest BCUT2D eigenvalue weighted by molar-refractivity contribution is 0.00578. The second-order valence-corrected chi connectivity index (χ2v) is 7.34. The van der Waals surface area contributed by atoms with E-state index in [1.54, 1.807) is 0 Å². The molecule has 0 radical (unpaired) electrons. The Labute approximate surface area is 154 Å². The first-order chi connectivity index (χ1) is 11.2. The molecule has 1 heterocycles. The van der Waals surface area contributed by atoms with Gasteiger partial charge in [0, 0.05) is 6.54 Å². The molecule has 0 aromatic heterocycles. The summed E-state index contributed by atoms with van der Waals surface area (Å²) in [6.07, 6.45) is 2.02. The fourth-order valence-corrected chi connectivity index (χ4v) is 2.70. The molecule has 128 valence electrons. The van der Waals surface area contributed by atoms with Crippen LogP contribution in [0.1, 0.15) is 33.3 Å². The molecule has 1 aliphatic heterocycles. The molecule has 0 amide bonds. The molecule has 0 saturated carbocycles. The summed E-state index contributed by atoms with van der Waals surface area (Å²) in [5, 5.41) is 6.02. The number of nitrogens with one attached hydrogen (secondary N) is 1. The highest BCUT2D eigenvalue weighted by Gasteiger charge is 2.52. The molecule has 1 aliphatic rings. The van der Waals surface area contributed by atoms with Gasteiger partial charge >= 0.3 is 7.12 Å². The lowest BCUT2D eigenvalue weighted by Crippen LogP contribution is -2.41. The average molecular weight is 365 g/mol. The van der Waals surface area contributed by atoms with Crippen molar-refractivity contribution in [3.8, 4) is 0 Å². The van der Waals surface area contributed by atoms with E-state index in [2.05, 4.69) is 27.7 Å². The van der Waals surface area contributed by atoms with Crippen LogP contribution >= 0.6 is 23.8 Å². The standard InChI is InChI=1S/C17H22BClN2O2S/c1-16(2)17(3,4)23-18(22-16)13(10-20-5)8-12-6-7-15(21-11-24)14(19)9-12/h6-9,20H,10H2,1-5H3. The van der Waals surface area contributed by atoms with Crippen LogP contribution in [0.15, 0.2) is 28.7 Å². The first-order valence-electron chi connectivity index (χ1n) is 7.78. The van der Waals surface area contributed by atoms with Crippen LogP contribution in [0.5, 0.6) is 0 Å². The fourth-order valence-electron chi connectivity index (χ4n) is 2.37. The number of rotatable bonds is 5. The van der Waals surface area contributed by atoms with Crippen LogP contribution in [0.4, 0.5) is 5.69 Å². The van der Waals surface area contributed by atoms with Crippen LogP contribution in [0, 0.1) is 0 Å². The molecule has 7 heteroatoms. The molecule has 0 atom stereocenters. The Morgan fingerprint density at radius 3 is 2.46 bits per heavy atom. The van der Waals surface area contributed by atoms with Gasteiger partial charge in [0.2, 0.25) is 0 Å². The Kier molecular flexibility index (Phi) is 6.02. The minimum atomic E-state index is -0.403. The molecule has 1 saturated heterocycles. The van der Waals surface area contributed by atoms with Gasteiger partial charge in [0.05, 0.1) is 27.1 Å². The maximum Gasteiger partial charge on any atom is 0.491 e. The zero-order chi connectivity index (χ0) is 18.0. The van der Waals surface area contributed by atoms with Crippen molar-refractivity contribution in [1.29, 1.82) is 0 Å². The van der Waals surface area contributed by atoms with Crippen molar-refractivity contribution in [3.63, 3.8) is 0 Å². The molecule has 1 aromatic rings. The maximum atomic E-state index is 6.23. The van der Waals surface area contributed by atoms with Crippen LogP contribution in [0.2, 0.25) is 5.02 Å². The van der Waals surface area contributed by atoms with Gasteiger partial charge in [-0.15, -0.1) is 0 Å². The maximum absolute atomic E-state index is 6.23. The van der Waals surface area contributed by atoms with Crippen LogP contribution in [-0.4, -0.2) is 37.1 Å². The predicted molar refractivity (Wildman–Crippen MR) is 104 cm³/mol. The van der Waals surface area contributed by atoms with E-state index < -0.39 is 7.12 Å². The lowest BCUT2D eigenvalue weighted by atomic mass is 9.77. The molecule has 1 fully saturated rings. The second-order valence-electron chi connectivity index (χ2n) is 6.75. The Balaban J connectivity index is 2.33. The van der Waals surface area contributed by atoms with E-state index in [1.807, 2.05) is 59.0 Å². The molecule has 0 spiro atoms. The van der Waals surface area contributed by atoms with E-state index in [0.29, 0.717) is 17.3 Å². The number of halogens is 1. The van der Waals surface area contributed by atoms with Gasteiger partial charge < -0.3 is 14.6 Å². The highest BCUT2D eigenvalue weighted by Crippen LogP contribution is 2.39. The molecule has 0 unspecified atom stereocenters. The summed E-state index contributed by atoms with van der Waals surface area (Å²) in [6.45, 7) is 8.81. The summed E-state index contributed by atoms with van der Waals surface area (Å²) < 4.78 is 12.3. The highest BCUT2D eigenvalue weighted by molar-refractivity contribution is 7.78. The number of likely N-dealkylation sites (N-methyl/N-ethyl adjacent to an activating group) is 1. The summed E-state index contributed by atoms with van der Waals surface area (Å²) in [5.41, 5.74) is 1.80. The zero-order valence-electron chi connectivity index (χ0n) is 14.6. The van der Waals surface area contributed by atoms with Gasteiger partial charge in [-0.1, -0.05) is 23.7 Å². The lowest BCUT2D eigenvalue weighted by Gasteiger charge is -2.32. The molecule has 1 N–H and O–H groups in total. The van der Waals surface area contributed by atoms with E-state index in [1.165, 1.54) is 0 Å². The van der Waals surface area contributed by atoms with Gasteiger partial charge in [-0.2, -0.15) is 4.99 Å². The van der Waals surface area contributed by atoms with Crippen molar-refractivity contribution in [2.24, 2.45) is 4.99 Å². The molecule has 24 heavy (non-hydrogen) atoms. The smallest absolute Gasteiger partial charge is 0.400 e. The molecule has 4 nitrogen and oxygen atoms in total. The van der Waals surface area contributed by atoms with E-state index >= 15 is 0 Å². The second kappa shape index (κ2) is 7.48. The first kappa shape index (κ1) is 19.3. The number of aliphatic imine (C=N–C) groups is 1. The monoisotopic (exact) mass is 364 g/mol. The number of thiocarbonyl (C=S) groups is 1.